The summed E-state index contributed by atoms with van der Waals surface area (Å²) in [6.07, 6.45) is 1.19. The molecule has 9 nitrogen and oxygen atoms in total. The zero-order valence-electron chi connectivity index (χ0n) is 16.3. The Morgan fingerprint density at radius 2 is 1.84 bits per heavy atom. The first-order valence-corrected chi connectivity index (χ1v) is 9.46. The molecule has 160 valence electrons. The van der Waals surface area contributed by atoms with Crippen LogP contribution in [0.2, 0.25) is 5.02 Å². The molecule has 0 unspecified atom stereocenters. The predicted molar refractivity (Wildman–Crippen MR) is 111 cm³/mol. The van der Waals surface area contributed by atoms with Gasteiger partial charge in [-0.05, 0) is 55.5 Å². The lowest BCUT2D eigenvalue weighted by Crippen LogP contribution is -2.54. The molecule has 2 aromatic carbocycles. The molecule has 0 aliphatic carbocycles. The highest BCUT2D eigenvalue weighted by Crippen LogP contribution is 2.28. The number of anilines is 1. The SMILES string of the molecule is CCOc1ccc(N2C(=O)NC(=O)C(=Cc3cc(Cl)ccc3OCC(=O)O)C2=O)cc1. The van der Waals surface area contributed by atoms with E-state index in [0.29, 0.717) is 12.4 Å². The monoisotopic (exact) mass is 444 g/mol. The molecule has 0 spiro atoms. The Kier molecular flexibility index (Phi) is 6.56. The Morgan fingerprint density at radius 1 is 1.13 bits per heavy atom. The van der Waals surface area contributed by atoms with E-state index in [2.05, 4.69) is 5.32 Å². The molecule has 0 aromatic heterocycles. The molecule has 1 heterocycles. The number of urea groups is 1. The van der Waals surface area contributed by atoms with Crippen LogP contribution in [0.5, 0.6) is 11.5 Å². The van der Waals surface area contributed by atoms with Gasteiger partial charge in [0, 0.05) is 10.6 Å². The minimum atomic E-state index is -1.20. The maximum absolute atomic E-state index is 13.0. The average molecular weight is 445 g/mol. The maximum Gasteiger partial charge on any atom is 0.341 e. The number of amides is 4. The minimum absolute atomic E-state index is 0.101. The molecular weight excluding hydrogens is 428 g/mol. The van der Waals surface area contributed by atoms with Crippen LogP contribution in [0.1, 0.15) is 12.5 Å². The van der Waals surface area contributed by atoms with Gasteiger partial charge >= 0.3 is 12.0 Å². The van der Waals surface area contributed by atoms with Crippen molar-refractivity contribution in [1.29, 1.82) is 0 Å². The number of nitrogens with zero attached hydrogens (tertiary/aromatic N) is 1. The Hall–Kier alpha value is -3.85. The summed E-state index contributed by atoms with van der Waals surface area (Å²) < 4.78 is 10.5. The molecular formula is C21H17ClN2O7. The fraction of sp³-hybridized carbons (Fsp3) is 0.143. The van der Waals surface area contributed by atoms with Crippen molar-refractivity contribution in [3.05, 3.63) is 58.6 Å². The van der Waals surface area contributed by atoms with Crippen LogP contribution in [-0.4, -0.2) is 42.1 Å². The molecule has 1 saturated heterocycles. The van der Waals surface area contributed by atoms with Crippen molar-refractivity contribution in [2.45, 2.75) is 6.92 Å². The van der Waals surface area contributed by atoms with Gasteiger partial charge in [-0.15, -0.1) is 0 Å². The number of aliphatic carboxylic acids is 1. The number of carboxylic acid groups (broad SMARTS) is 1. The van der Waals surface area contributed by atoms with Crippen LogP contribution in [0.15, 0.2) is 48.0 Å². The number of carbonyl (C=O) groups excluding carboxylic acids is 3. The molecule has 1 fully saturated rings. The smallest absolute Gasteiger partial charge is 0.341 e. The topological polar surface area (TPSA) is 122 Å². The molecule has 3 rings (SSSR count). The standard InChI is InChI=1S/C21H17ClN2O7/c1-2-30-15-6-4-14(5-7-15)24-20(28)16(19(27)23-21(24)29)10-12-9-13(22)3-8-17(12)31-11-18(25)26/h3-10H,2,11H2,1H3,(H,25,26)(H,23,27,29). The van der Waals surface area contributed by atoms with Crippen molar-refractivity contribution in [2.75, 3.05) is 18.1 Å². The van der Waals surface area contributed by atoms with Gasteiger partial charge in [-0.3, -0.25) is 14.9 Å². The third kappa shape index (κ3) is 5.01. The van der Waals surface area contributed by atoms with Crippen LogP contribution in [0, 0.1) is 0 Å². The minimum Gasteiger partial charge on any atom is -0.494 e. The Bertz CT molecular complexity index is 1080. The van der Waals surface area contributed by atoms with Crippen LogP contribution in [-0.2, 0) is 14.4 Å². The number of imide groups is 2. The van der Waals surface area contributed by atoms with Crippen molar-refractivity contribution in [3.8, 4) is 11.5 Å². The largest absolute Gasteiger partial charge is 0.494 e. The van der Waals surface area contributed by atoms with Gasteiger partial charge in [0.1, 0.15) is 17.1 Å². The maximum atomic E-state index is 13.0. The highest BCUT2D eigenvalue weighted by atomic mass is 35.5. The van der Waals surface area contributed by atoms with Crippen LogP contribution in [0.25, 0.3) is 6.08 Å². The first-order chi connectivity index (χ1) is 14.8. The fourth-order valence-electron chi connectivity index (χ4n) is 2.81. The van der Waals surface area contributed by atoms with Crippen molar-refractivity contribution in [1.82, 2.24) is 5.32 Å². The van der Waals surface area contributed by atoms with E-state index in [4.69, 9.17) is 26.2 Å². The first kappa shape index (κ1) is 21.8. The number of hydrogen-bond donors (Lipinski definition) is 2. The third-order valence-electron chi connectivity index (χ3n) is 4.13. The fourth-order valence-corrected chi connectivity index (χ4v) is 2.99. The lowest BCUT2D eigenvalue weighted by atomic mass is 10.1. The van der Waals surface area contributed by atoms with Crippen molar-refractivity contribution in [2.24, 2.45) is 0 Å². The van der Waals surface area contributed by atoms with Gasteiger partial charge in [-0.25, -0.2) is 14.5 Å². The highest BCUT2D eigenvalue weighted by Gasteiger charge is 2.37. The molecule has 0 saturated carbocycles. The second-order valence-electron chi connectivity index (χ2n) is 6.25. The van der Waals surface area contributed by atoms with E-state index in [1.807, 2.05) is 6.92 Å². The van der Waals surface area contributed by atoms with Crippen LogP contribution in [0.4, 0.5) is 10.5 Å². The summed E-state index contributed by atoms with van der Waals surface area (Å²) in [5.74, 6) is -2.30. The molecule has 31 heavy (non-hydrogen) atoms. The van der Waals surface area contributed by atoms with Gasteiger partial charge in [-0.2, -0.15) is 0 Å². The lowest BCUT2D eigenvalue weighted by Gasteiger charge is -2.26. The normalized spacial score (nSPS) is 15.1. The predicted octanol–water partition coefficient (Wildman–Crippen LogP) is 2.87. The molecule has 0 radical (unpaired) electrons. The highest BCUT2D eigenvalue weighted by molar-refractivity contribution is 6.39. The second kappa shape index (κ2) is 9.31. The third-order valence-corrected chi connectivity index (χ3v) is 4.37. The first-order valence-electron chi connectivity index (χ1n) is 9.08. The lowest BCUT2D eigenvalue weighted by molar-refractivity contribution is -0.139. The molecule has 2 aromatic rings. The average Bonchev–Trinajstić information content (AvgIpc) is 2.71. The van der Waals surface area contributed by atoms with Crippen molar-refractivity contribution in [3.63, 3.8) is 0 Å². The number of benzene rings is 2. The zero-order valence-corrected chi connectivity index (χ0v) is 17.0. The molecule has 0 atom stereocenters. The summed E-state index contributed by atoms with van der Waals surface area (Å²) in [5, 5.41) is 11.2. The number of carbonyl (C=O) groups is 4. The van der Waals surface area contributed by atoms with Crippen LogP contribution >= 0.6 is 11.6 Å². The van der Waals surface area contributed by atoms with Gasteiger partial charge < -0.3 is 14.6 Å². The molecule has 2 N–H and O–H groups in total. The summed E-state index contributed by atoms with van der Waals surface area (Å²) >= 11 is 6.00. The summed E-state index contributed by atoms with van der Waals surface area (Å²) in [4.78, 5) is 49.3. The summed E-state index contributed by atoms with van der Waals surface area (Å²) in [6.45, 7) is 1.65. The molecule has 0 bridgehead atoms. The van der Waals surface area contributed by atoms with Crippen molar-refractivity contribution < 1.29 is 33.8 Å². The number of carboxylic acids is 1. The van der Waals surface area contributed by atoms with E-state index < -0.39 is 30.4 Å². The number of rotatable bonds is 7. The van der Waals surface area contributed by atoms with E-state index in [-0.39, 0.29) is 27.6 Å². The number of barbiturate groups is 1. The molecule has 1 aliphatic heterocycles. The van der Waals surface area contributed by atoms with Crippen LogP contribution in [0.3, 0.4) is 0 Å². The summed E-state index contributed by atoms with van der Waals surface area (Å²) in [6, 6.07) is 9.60. The number of halogens is 1. The Morgan fingerprint density at radius 3 is 2.48 bits per heavy atom. The van der Waals surface area contributed by atoms with E-state index in [9.17, 15) is 19.2 Å². The van der Waals surface area contributed by atoms with E-state index in [0.717, 1.165) is 4.90 Å². The number of ether oxygens (including phenoxy) is 2. The van der Waals surface area contributed by atoms with Crippen molar-refractivity contribution >= 4 is 47.2 Å². The second-order valence-corrected chi connectivity index (χ2v) is 6.69. The van der Waals surface area contributed by atoms with E-state index in [1.165, 1.54) is 36.4 Å². The molecule has 1 aliphatic rings. The van der Waals surface area contributed by atoms with Gasteiger partial charge in [0.2, 0.25) is 0 Å². The zero-order chi connectivity index (χ0) is 22.5. The van der Waals surface area contributed by atoms with Gasteiger partial charge in [0.05, 0.1) is 12.3 Å². The van der Waals surface area contributed by atoms with Gasteiger partial charge in [0.15, 0.2) is 6.61 Å². The Labute approximate surface area is 181 Å². The number of hydrogen-bond acceptors (Lipinski definition) is 6. The molecule has 10 heteroatoms. The summed E-state index contributed by atoms with van der Waals surface area (Å²) in [5.41, 5.74) is 0.0852. The van der Waals surface area contributed by atoms with Gasteiger partial charge in [-0.1, -0.05) is 11.6 Å². The Balaban J connectivity index is 1.97. The van der Waals surface area contributed by atoms with E-state index >= 15 is 0 Å². The van der Waals surface area contributed by atoms with E-state index in [1.54, 1.807) is 12.1 Å². The summed E-state index contributed by atoms with van der Waals surface area (Å²) in [7, 11) is 0. The number of nitrogens with one attached hydrogen (secondary N) is 1. The molecule has 4 amide bonds. The van der Waals surface area contributed by atoms with Crippen LogP contribution < -0.4 is 19.7 Å². The van der Waals surface area contributed by atoms with Gasteiger partial charge in [0.25, 0.3) is 11.8 Å². The quantitative estimate of drug-likeness (QED) is 0.497.